The molecule has 1 amide bonds. The van der Waals surface area contributed by atoms with Gasteiger partial charge in [-0.05, 0) is 67.9 Å². The molecular weight excluding hydrogens is 352 g/mol. The van der Waals surface area contributed by atoms with E-state index in [1.807, 2.05) is 0 Å². The SMILES string of the molecule is COc1cccc(/C=C/C(=O)NC2C3CC4CC(C3)CC2C4)c1OC(F)F. The number of para-hydroxylation sites is 1. The number of carbonyl (C=O) groups is 1. The monoisotopic (exact) mass is 377 g/mol. The first-order valence-corrected chi connectivity index (χ1v) is 9.64. The zero-order valence-electron chi connectivity index (χ0n) is 15.4. The van der Waals surface area contributed by atoms with E-state index in [2.05, 4.69) is 10.1 Å². The molecule has 27 heavy (non-hydrogen) atoms. The van der Waals surface area contributed by atoms with Crippen LogP contribution in [0.4, 0.5) is 8.78 Å². The molecule has 6 heteroatoms. The minimum Gasteiger partial charge on any atom is -0.493 e. The van der Waals surface area contributed by atoms with E-state index in [-0.39, 0.29) is 23.4 Å². The van der Waals surface area contributed by atoms with Gasteiger partial charge in [0.2, 0.25) is 5.91 Å². The summed E-state index contributed by atoms with van der Waals surface area (Å²) in [5, 5.41) is 3.18. The first-order valence-electron chi connectivity index (χ1n) is 9.64. The van der Waals surface area contributed by atoms with Crippen molar-refractivity contribution in [2.24, 2.45) is 23.7 Å². The van der Waals surface area contributed by atoms with Crippen molar-refractivity contribution < 1.29 is 23.0 Å². The molecule has 1 aromatic rings. The van der Waals surface area contributed by atoms with Gasteiger partial charge in [-0.15, -0.1) is 0 Å². The highest BCUT2D eigenvalue weighted by Gasteiger charge is 2.48. The Morgan fingerprint density at radius 3 is 2.41 bits per heavy atom. The lowest BCUT2D eigenvalue weighted by Crippen LogP contribution is -2.55. The molecule has 4 bridgehead atoms. The molecule has 4 saturated carbocycles. The summed E-state index contributed by atoms with van der Waals surface area (Å²) in [6.45, 7) is -2.96. The normalized spacial score (nSPS) is 31.5. The van der Waals surface area contributed by atoms with E-state index in [9.17, 15) is 13.6 Å². The Morgan fingerprint density at radius 2 is 1.81 bits per heavy atom. The van der Waals surface area contributed by atoms with Gasteiger partial charge in [0.1, 0.15) is 0 Å². The van der Waals surface area contributed by atoms with Gasteiger partial charge >= 0.3 is 6.61 Å². The second kappa shape index (κ2) is 7.49. The lowest BCUT2D eigenvalue weighted by atomic mass is 9.54. The predicted octanol–water partition coefficient (Wildman–Crippen LogP) is 4.25. The van der Waals surface area contributed by atoms with E-state index in [0.29, 0.717) is 17.4 Å². The standard InChI is InChI=1S/C21H25F2NO3/c1-26-17-4-2-3-14(20(17)27-21(22)23)5-6-18(25)24-19-15-8-12-7-13(10-15)11-16(19)9-12/h2-6,12-13,15-16,19,21H,7-11H2,1H3,(H,24,25)/b6-5+. The molecule has 146 valence electrons. The summed E-state index contributed by atoms with van der Waals surface area (Å²) in [6.07, 6.45) is 9.18. The van der Waals surface area contributed by atoms with Crippen LogP contribution in [0.1, 0.15) is 37.7 Å². The fraction of sp³-hybridized carbons (Fsp3) is 0.571. The van der Waals surface area contributed by atoms with Crippen LogP contribution in [0.2, 0.25) is 0 Å². The third kappa shape index (κ3) is 3.80. The Bertz CT molecular complexity index is 706. The van der Waals surface area contributed by atoms with E-state index >= 15 is 0 Å². The molecule has 0 unspecified atom stereocenters. The third-order valence-corrected chi connectivity index (χ3v) is 6.39. The molecule has 4 nitrogen and oxygen atoms in total. The summed E-state index contributed by atoms with van der Waals surface area (Å²) in [6, 6.07) is 5.08. The van der Waals surface area contributed by atoms with Crippen molar-refractivity contribution in [3.8, 4) is 11.5 Å². The zero-order valence-corrected chi connectivity index (χ0v) is 15.4. The van der Waals surface area contributed by atoms with E-state index in [0.717, 1.165) is 11.8 Å². The second-order valence-corrected chi connectivity index (χ2v) is 8.06. The van der Waals surface area contributed by atoms with Crippen molar-refractivity contribution in [1.82, 2.24) is 5.32 Å². The maximum Gasteiger partial charge on any atom is 0.387 e. The molecule has 0 saturated heterocycles. The van der Waals surface area contributed by atoms with Gasteiger partial charge in [0.25, 0.3) is 0 Å². The molecule has 1 aromatic carbocycles. The summed E-state index contributed by atoms with van der Waals surface area (Å²) in [4.78, 5) is 12.5. The minimum atomic E-state index is -2.96. The average molecular weight is 377 g/mol. The summed E-state index contributed by atoms with van der Waals surface area (Å²) >= 11 is 0. The van der Waals surface area contributed by atoms with Crippen LogP contribution in [0.15, 0.2) is 24.3 Å². The van der Waals surface area contributed by atoms with Crippen molar-refractivity contribution in [3.05, 3.63) is 29.8 Å². The number of hydrogen-bond acceptors (Lipinski definition) is 3. The summed E-state index contributed by atoms with van der Waals surface area (Å²) < 4.78 is 35.1. The van der Waals surface area contributed by atoms with Gasteiger partial charge in [0, 0.05) is 17.7 Å². The van der Waals surface area contributed by atoms with Crippen molar-refractivity contribution in [2.45, 2.75) is 44.8 Å². The van der Waals surface area contributed by atoms with Gasteiger partial charge in [0.15, 0.2) is 11.5 Å². The highest BCUT2D eigenvalue weighted by Crippen LogP contribution is 2.53. The van der Waals surface area contributed by atoms with Crippen LogP contribution < -0.4 is 14.8 Å². The van der Waals surface area contributed by atoms with Gasteiger partial charge in [-0.1, -0.05) is 12.1 Å². The number of nitrogens with one attached hydrogen (secondary N) is 1. The predicted molar refractivity (Wildman–Crippen MR) is 97.6 cm³/mol. The van der Waals surface area contributed by atoms with Crippen molar-refractivity contribution in [1.29, 1.82) is 0 Å². The Labute approximate surface area is 157 Å². The van der Waals surface area contributed by atoms with Gasteiger partial charge in [0.05, 0.1) is 7.11 Å². The minimum absolute atomic E-state index is 0.0614. The molecule has 1 N–H and O–H groups in total. The Balaban J connectivity index is 1.45. The summed E-state index contributed by atoms with van der Waals surface area (Å²) in [7, 11) is 1.39. The molecule has 0 spiro atoms. The number of ether oxygens (including phenoxy) is 2. The number of rotatable bonds is 6. The number of benzene rings is 1. The molecule has 4 aliphatic rings. The van der Waals surface area contributed by atoms with Crippen molar-refractivity contribution in [2.75, 3.05) is 7.11 Å². The van der Waals surface area contributed by atoms with E-state index in [1.165, 1.54) is 51.4 Å². The maximum absolute atomic E-state index is 12.7. The zero-order chi connectivity index (χ0) is 19.0. The van der Waals surface area contributed by atoms with Crippen LogP contribution in [0.25, 0.3) is 6.08 Å². The van der Waals surface area contributed by atoms with Crippen LogP contribution in [0.5, 0.6) is 11.5 Å². The lowest BCUT2D eigenvalue weighted by Gasteiger charge is -2.54. The molecule has 4 fully saturated rings. The first-order chi connectivity index (χ1) is 13.0. The van der Waals surface area contributed by atoms with E-state index in [4.69, 9.17) is 4.74 Å². The second-order valence-electron chi connectivity index (χ2n) is 8.06. The summed E-state index contributed by atoms with van der Waals surface area (Å²) in [5.41, 5.74) is 0.384. The number of halogens is 2. The molecule has 0 heterocycles. The molecular formula is C21H25F2NO3. The summed E-state index contributed by atoms with van der Waals surface area (Å²) in [5.74, 6) is 2.84. The number of carbonyl (C=O) groups excluding carboxylic acids is 1. The molecule has 4 aliphatic carbocycles. The van der Waals surface area contributed by atoms with Crippen LogP contribution in [-0.4, -0.2) is 25.7 Å². The van der Waals surface area contributed by atoms with Crippen LogP contribution in [0, 0.1) is 23.7 Å². The van der Waals surface area contributed by atoms with E-state index < -0.39 is 6.61 Å². The fourth-order valence-corrected chi connectivity index (χ4v) is 5.58. The number of alkyl halides is 2. The molecule has 0 radical (unpaired) electrons. The smallest absolute Gasteiger partial charge is 0.387 e. The largest absolute Gasteiger partial charge is 0.493 e. The van der Waals surface area contributed by atoms with Gasteiger partial charge in [-0.25, -0.2) is 0 Å². The van der Waals surface area contributed by atoms with Gasteiger partial charge in [-0.3, -0.25) is 4.79 Å². The van der Waals surface area contributed by atoms with Crippen LogP contribution >= 0.6 is 0 Å². The molecule has 0 atom stereocenters. The topological polar surface area (TPSA) is 47.6 Å². The molecule has 5 rings (SSSR count). The molecule has 0 aliphatic heterocycles. The maximum atomic E-state index is 12.7. The quantitative estimate of drug-likeness (QED) is 0.754. The fourth-order valence-electron chi connectivity index (χ4n) is 5.58. The highest BCUT2D eigenvalue weighted by atomic mass is 19.3. The van der Waals surface area contributed by atoms with Gasteiger partial charge in [-0.2, -0.15) is 8.78 Å². The Morgan fingerprint density at radius 1 is 1.15 bits per heavy atom. The number of amides is 1. The number of methoxy groups -OCH3 is 1. The van der Waals surface area contributed by atoms with E-state index in [1.54, 1.807) is 18.2 Å². The molecule has 0 aromatic heterocycles. The van der Waals surface area contributed by atoms with Gasteiger partial charge < -0.3 is 14.8 Å². The highest BCUT2D eigenvalue weighted by molar-refractivity contribution is 5.92. The third-order valence-electron chi connectivity index (χ3n) is 6.39. The van der Waals surface area contributed by atoms with Crippen molar-refractivity contribution in [3.63, 3.8) is 0 Å². The van der Waals surface area contributed by atoms with Crippen LogP contribution in [0.3, 0.4) is 0 Å². The lowest BCUT2D eigenvalue weighted by molar-refractivity contribution is -0.120. The van der Waals surface area contributed by atoms with Crippen molar-refractivity contribution >= 4 is 12.0 Å². The Kier molecular flexibility index (Phi) is 5.06. The van der Waals surface area contributed by atoms with Crippen LogP contribution in [-0.2, 0) is 4.79 Å². The number of hydrogen-bond donors (Lipinski definition) is 1. The average Bonchev–Trinajstić information content (AvgIpc) is 2.62. The Hall–Kier alpha value is -2.11. The first kappa shape index (κ1) is 18.3.